The van der Waals surface area contributed by atoms with E-state index in [1.165, 1.54) is 148 Å². The molecule has 0 aliphatic carbocycles. The summed E-state index contributed by atoms with van der Waals surface area (Å²) < 4.78 is 18.1. The van der Waals surface area contributed by atoms with Gasteiger partial charge < -0.3 is 39.1 Å². The molecule has 49 heavy (non-hydrogen) atoms. The molecule has 0 aromatic rings. The average Bonchev–Trinajstić information content (AvgIpc) is 3.07. The van der Waals surface area contributed by atoms with Crippen LogP contribution in [0.4, 0.5) is 0 Å². The third-order valence-electron chi connectivity index (χ3n) is 10.4. The van der Waals surface area contributed by atoms with E-state index in [-0.39, 0.29) is 13.2 Å². The molecule has 0 radical (unpaired) electrons. The molecule has 1 rings (SSSR count). The van der Waals surface area contributed by atoms with Crippen molar-refractivity contribution in [2.75, 3.05) is 47.0 Å². The van der Waals surface area contributed by atoms with Gasteiger partial charge in [0.2, 0.25) is 0 Å². The molecule has 1 saturated heterocycles. The minimum Gasteiger partial charge on any atom is -0.387 e. The Morgan fingerprint density at radius 3 is 1.41 bits per heavy atom. The predicted molar refractivity (Wildman–Crippen MR) is 203 cm³/mol. The molecule has 8 heteroatoms. The molecule has 1 unspecified atom stereocenters. The second-order valence-electron chi connectivity index (χ2n) is 15.9. The maximum absolute atomic E-state index is 10.7. The molecular formula is C41H84NO7+. The van der Waals surface area contributed by atoms with Crippen LogP contribution in [-0.2, 0) is 14.2 Å². The highest BCUT2D eigenvalue weighted by atomic mass is 16.7. The van der Waals surface area contributed by atoms with Gasteiger partial charge in [0.25, 0.3) is 0 Å². The molecule has 1 fully saturated rings. The molecule has 0 saturated carbocycles. The largest absolute Gasteiger partial charge is 0.387 e. The lowest BCUT2D eigenvalue weighted by atomic mass is 9.99. The lowest BCUT2D eigenvalue weighted by molar-refractivity contribution is -0.893. The third kappa shape index (κ3) is 25.3. The molecule has 4 N–H and O–H groups in total. The Morgan fingerprint density at radius 2 is 0.959 bits per heavy atom. The zero-order valence-electron chi connectivity index (χ0n) is 32.8. The van der Waals surface area contributed by atoms with Crippen molar-refractivity contribution in [3.8, 4) is 0 Å². The lowest BCUT2D eigenvalue weighted by Gasteiger charge is -2.40. The molecule has 1 heterocycles. The Hall–Kier alpha value is -0.320. The van der Waals surface area contributed by atoms with Gasteiger partial charge in [-0.2, -0.15) is 0 Å². The Kier molecular flexibility index (Phi) is 29.8. The second kappa shape index (κ2) is 31.2. The first-order valence-electron chi connectivity index (χ1n) is 21.1. The number of ether oxygens (including phenoxy) is 3. The molecule has 0 aromatic heterocycles. The smallest absolute Gasteiger partial charge is 0.186 e. The second-order valence-corrected chi connectivity index (χ2v) is 15.9. The molecule has 0 aromatic carbocycles. The van der Waals surface area contributed by atoms with Gasteiger partial charge in [-0.3, -0.25) is 0 Å². The van der Waals surface area contributed by atoms with E-state index in [0.29, 0.717) is 13.2 Å². The van der Waals surface area contributed by atoms with Gasteiger partial charge >= 0.3 is 0 Å². The van der Waals surface area contributed by atoms with Crippen molar-refractivity contribution in [3.05, 3.63) is 0 Å². The molecule has 1 aliphatic rings. The van der Waals surface area contributed by atoms with Crippen molar-refractivity contribution < 1.29 is 39.1 Å². The number of unbranched alkanes of at least 4 members (excludes halogenated alkanes) is 24. The van der Waals surface area contributed by atoms with Crippen molar-refractivity contribution in [2.45, 2.75) is 218 Å². The van der Waals surface area contributed by atoms with Gasteiger partial charge in [-0.05, 0) is 19.3 Å². The maximum atomic E-state index is 10.7. The van der Waals surface area contributed by atoms with Crippen molar-refractivity contribution in [1.82, 2.24) is 0 Å². The summed E-state index contributed by atoms with van der Waals surface area (Å²) >= 11 is 0. The van der Waals surface area contributed by atoms with E-state index < -0.39 is 36.8 Å². The standard InChI is InChI=1S/C41H84NO7/c1-5-7-9-11-13-15-17-19-20-22-24-26-28-30-32-48-41-40(46)39(45)38(44)37(49-41)35-47-34-36(43)33-42(3,4)31-29-27-25-23-21-18-16-14-12-10-8-6-2/h36-41,43-46H,5-35H2,1-4H3/q+1/t36?,37-,38-,39+,40-,41-/m1/s1. The van der Waals surface area contributed by atoms with Crippen molar-refractivity contribution in [2.24, 2.45) is 0 Å². The van der Waals surface area contributed by atoms with Gasteiger partial charge in [0.05, 0.1) is 33.9 Å². The summed E-state index contributed by atoms with van der Waals surface area (Å²) in [4.78, 5) is 0. The van der Waals surface area contributed by atoms with Gasteiger partial charge in [0, 0.05) is 6.61 Å². The summed E-state index contributed by atoms with van der Waals surface area (Å²) in [7, 11) is 4.29. The van der Waals surface area contributed by atoms with E-state index in [2.05, 4.69) is 27.9 Å². The van der Waals surface area contributed by atoms with E-state index in [9.17, 15) is 20.4 Å². The SMILES string of the molecule is CCCCCCCCCCCCCCCCO[C@@H]1O[C@H](COCC(O)C[N+](C)(C)CCCCCCCCCCCCCC)[C@@H](O)[C@H](O)[C@H]1O. The molecule has 294 valence electrons. The van der Waals surface area contributed by atoms with Crippen molar-refractivity contribution in [1.29, 1.82) is 0 Å². The predicted octanol–water partition coefficient (Wildman–Crippen LogP) is 8.45. The number of quaternary nitrogens is 1. The van der Waals surface area contributed by atoms with Gasteiger partial charge in [-0.1, -0.05) is 162 Å². The van der Waals surface area contributed by atoms with Crippen molar-refractivity contribution in [3.63, 3.8) is 0 Å². The van der Waals surface area contributed by atoms with Gasteiger partial charge in [0.1, 0.15) is 37.1 Å². The zero-order chi connectivity index (χ0) is 36.0. The van der Waals surface area contributed by atoms with Crippen LogP contribution < -0.4 is 0 Å². The van der Waals surface area contributed by atoms with E-state index >= 15 is 0 Å². The molecule has 0 amide bonds. The highest BCUT2D eigenvalue weighted by Gasteiger charge is 2.44. The summed E-state index contributed by atoms with van der Waals surface area (Å²) in [5.41, 5.74) is 0. The van der Waals surface area contributed by atoms with E-state index in [1.807, 2.05) is 0 Å². The number of likely N-dealkylation sites (N-methyl/N-ethyl adjacent to an activating group) is 1. The molecule has 0 bridgehead atoms. The highest BCUT2D eigenvalue weighted by molar-refractivity contribution is 4.89. The molecule has 0 spiro atoms. The summed E-state index contributed by atoms with van der Waals surface area (Å²) in [6.45, 7) is 6.69. The summed E-state index contributed by atoms with van der Waals surface area (Å²) in [6, 6.07) is 0. The normalized spacial score (nSPS) is 22.2. The van der Waals surface area contributed by atoms with Crippen LogP contribution in [-0.4, -0.2) is 109 Å². The van der Waals surface area contributed by atoms with Crippen LogP contribution in [0.3, 0.4) is 0 Å². The Bertz CT molecular complexity index is 711. The molecular weight excluding hydrogens is 618 g/mol. The lowest BCUT2D eigenvalue weighted by Crippen LogP contribution is -2.59. The first-order valence-corrected chi connectivity index (χ1v) is 21.1. The first-order chi connectivity index (χ1) is 23.7. The van der Waals surface area contributed by atoms with Crippen LogP contribution in [0.25, 0.3) is 0 Å². The Morgan fingerprint density at radius 1 is 0.551 bits per heavy atom. The minimum atomic E-state index is -1.38. The van der Waals surface area contributed by atoms with E-state index in [1.54, 1.807) is 0 Å². The van der Waals surface area contributed by atoms with Gasteiger partial charge in [0.15, 0.2) is 6.29 Å². The van der Waals surface area contributed by atoms with Gasteiger partial charge in [-0.25, -0.2) is 0 Å². The topological polar surface area (TPSA) is 109 Å². The number of aliphatic hydroxyl groups is 4. The maximum Gasteiger partial charge on any atom is 0.186 e. The zero-order valence-corrected chi connectivity index (χ0v) is 32.8. The van der Waals surface area contributed by atoms with Crippen LogP contribution in [0, 0.1) is 0 Å². The summed E-state index contributed by atoms with van der Waals surface area (Å²) in [5.74, 6) is 0. The fourth-order valence-electron chi connectivity index (χ4n) is 7.10. The third-order valence-corrected chi connectivity index (χ3v) is 10.4. The average molecular weight is 703 g/mol. The Balaban J connectivity index is 2.12. The molecule has 8 nitrogen and oxygen atoms in total. The monoisotopic (exact) mass is 703 g/mol. The van der Waals surface area contributed by atoms with Gasteiger partial charge in [-0.15, -0.1) is 0 Å². The summed E-state index contributed by atoms with van der Waals surface area (Å²) in [6.07, 6.45) is 27.5. The number of nitrogens with zero attached hydrogens (tertiary/aromatic N) is 1. The first kappa shape index (κ1) is 46.7. The van der Waals surface area contributed by atoms with Crippen LogP contribution in [0.2, 0.25) is 0 Å². The minimum absolute atomic E-state index is 0.00684. The van der Waals surface area contributed by atoms with E-state index in [0.717, 1.165) is 30.3 Å². The van der Waals surface area contributed by atoms with E-state index in [4.69, 9.17) is 14.2 Å². The van der Waals surface area contributed by atoms with Crippen LogP contribution >= 0.6 is 0 Å². The van der Waals surface area contributed by atoms with Crippen molar-refractivity contribution >= 4 is 0 Å². The number of aliphatic hydroxyl groups excluding tert-OH is 4. The van der Waals surface area contributed by atoms with Crippen LogP contribution in [0.15, 0.2) is 0 Å². The van der Waals surface area contributed by atoms with Crippen LogP contribution in [0.5, 0.6) is 0 Å². The fourth-order valence-corrected chi connectivity index (χ4v) is 7.10. The Labute approximate surface area is 303 Å². The number of hydrogen-bond donors (Lipinski definition) is 4. The quantitative estimate of drug-likeness (QED) is 0.0388. The van der Waals surface area contributed by atoms with Crippen LogP contribution in [0.1, 0.15) is 181 Å². The highest BCUT2D eigenvalue weighted by Crippen LogP contribution is 2.23. The summed E-state index contributed by atoms with van der Waals surface area (Å²) in [5, 5.41) is 42.0. The number of hydrogen-bond acceptors (Lipinski definition) is 7. The fraction of sp³-hybridized carbons (Fsp3) is 1.00. The number of rotatable bonds is 35. The molecule has 1 aliphatic heterocycles. The molecule has 6 atom stereocenters.